The summed E-state index contributed by atoms with van der Waals surface area (Å²) < 4.78 is 12.1. The number of hydrogen-bond donors (Lipinski definition) is 2. The fraction of sp³-hybridized carbons (Fsp3) is 0.200. The highest BCUT2D eigenvalue weighted by Crippen LogP contribution is 2.16. The largest absolute Gasteiger partial charge is 0.467 e. The lowest BCUT2D eigenvalue weighted by molar-refractivity contribution is -0.117. The maximum absolute atomic E-state index is 11.8. The molecule has 3 rings (SSSR count). The molecule has 0 aliphatic rings. The Morgan fingerprint density at radius 3 is 2.64 bits per heavy atom. The number of urea groups is 1. The number of rotatable bonds is 7. The van der Waals surface area contributed by atoms with Crippen molar-refractivity contribution in [3.63, 3.8) is 0 Å². The van der Waals surface area contributed by atoms with Crippen LogP contribution in [0.25, 0.3) is 0 Å². The molecule has 0 aliphatic heterocycles. The minimum absolute atomic E-state index is 0.0328. The van der Waals surface area contributed by atoms with Crippen LogP contribution in [0.3, 0.4) is 0 Å². The predicted octanol–water partition coefficient (Wildman–Crippen LogP) is 1.63. The van der Waals surface area contributed by atoms with Crippen LogP contribution in [-0.2, 0) is 17.9 Å². The molecule has 10 heteroatoms. The standard InChI is InChI=1S/C15H15N5O4S/c21-13(18-14(22)16-7-11-3-1-5-23-11)9-25-15-19-17-10-20(15)8-12-4-2-6-24-12/h1-6,10H,7-9H2,(H2,16,18,21,22). The van der Waals surface area contributed by atoms with Gasteiger partial charge in [-0.15, -0.1) is 10.2 Å². The molecule has 0 bridgehead atoms. The first-order chi connectivity index (χ1) is 12.2. The van der Waals surface area contributed by atoms with Gasteiger partial charge in [0.2, 0.25) is 5.91 Å². The molecule has 3 aromatic rings. The van der Waals surface area contributed by atoms with E-state index >= 15 is 0 Å². The summed E-state index contributed by atoms with van der Waals surface area (Å²) in [6.45, 7) is 0.671. The molecule has 3 heterocycles. The normalized spacial score (nSPS) is 10.6. The van der Waals surface area contributed by atoms with Crippen molar-refractivity contribution in [3.05, 3.63) is 54.6 Å². The van der Waals surface area contributed by atoms with Gasteiger partial charge in [-0.25, -0.2) is 4.79 Å². The number of nitrogens with one attached hydrogen (secondary N) is 2. The average Bonchev–Trinajstić information content (AvgIpc) is 3.35. The van der Waals surface area contributed by atoms with E-state index in [0.717, 1.165) is 5.76 Å². The van der Waals surface area contributed by atoms with E-state index in [1.807, 2.05) is 6.07 Å². The molecule has 0 saturated heterocycles. The van der Waals surface area contributed by atoms with Gasteiger partial charge in [0.05, 0.1) is 31.4 Å². The van der Waals surface area contributed by atoms with Crippen molar-refractivity contribution in [3.8, 4) is 0 Å². The van der Waals surface area contributed by atoms with Crippen molar-refractivity contribution < 1.29 is 18.4 Å². The predicted molar refractivity (Wildman–Crippen MR) is 87.6 cm³/mol. The number of imide groups is 1. The zero-order chi connectivity index (χ0) is 17.5. The molecule has 0 atom stereocenters. The van der Waals surface area contributed by atoms with Crippen molar-refractivity contribution in [2.45, 2.75) is 18.2 Å². The number of amides is 3. The first-order valence-corrected chi connectivity index (χ1v) is 8.32. The van der Waals surface area contributed by atoms with E-state index in [9.17, 15) is 9.59 Å². The van der Waals surface area contributed by atoms with E-state index in [4.69, 9.17) is 8.83 Å². The minimum Gasteiger partial charge on any atom is -0.467 e. The Balaban J connectivity index is 1.43. The van der Waals surface area contributed by atoms with Crippen LogP contribution in [0.1, 0.15) is 11.5 Å². The van der Waals surface area contributed by atoms with Crippen molar-refractivity contribution in [2.75, 3.05) is 5.75 Å². The lowest BCUT2D eigenvalue weighted by Crippen LogP contribution is -2.39. The topological polar surface area (TPSA) is 115 Å². The number of carbonyl (C=O) groups is 2. The monoisotopic (exact) mass is 361 g/mol. The van der Waals surface area contributed by atoms with E-state index in [0.29, 0.717) is 17.5 Å². The maximum Gasteiger partial charge on any atom is 0.321 e. The summed E-state index contributed by atoms with van der Waals surface area (Å²) >= 11 is 1.18. The Labute approximate surface area is 146 Å². The number of carbonyl (C=O) groups excluding carboxylic acids is 2. The van der Waals surface area contributed by atoms with Crippen LogP contribution in [0.4, 0.5) is 4.79 Å². The van der Waals surface area contributed by atoms with Crippen LogP contribution in [0.15, 0.2) is 57.1 Å². The molecular weight excluding hydrogens is 346 g/mol. The molecule has 0 unspecified atom stereocenters. The first-order valence-electron chi connectivity index (χ1n) is 7.34. The SMILES string of the molecule is O=C(CSc1nncn1Cc1ccco1)NC(=O)NCc1ccco1. The van der Waals surface area contributed by atoms with Crippen LogP contribution < -0.4 is 10.6 Å². The molecule has 25 heavy (non-hydrogen) atoms. The smallest absolute Gasteiger partial charge is 0.321 e. The summed E-state index contributed by atoms with van der Waals surface area (Å²) in [5.74, 6) is 0.950. The highest BCUT2D eigenvalue weighted by Gasteiger charge is 2.12. The number of aromatic nitrogens is 3. The van der Waals surface area contributed by atoms with Crippen LogP contribution in [0.2, 0.25) is 0 Å². The Bertz CT molecular complexity index is 813. The summed E-state index contributed by atoms with van der Waals surface area (Å²) in [4.78, 5) is 23.5. The minimum atomic E-state index is -0.584. The molecule has 0 aliphatic carbocycles. The molecule has 0 saturated carbocycles. The summed E-state index contributed by atoms with van der Waals surface area (Å²) in [5, 5.41) is 13.1. The van der Waals surface area contributed by atoms with Crippen molar-refractivity contribution in [2.24, 2.45) is 0 Å². The number of thioether (sulfide) groups is 1. The average molecular weight is 361 g/mol. The van der Waals surface area contributed by atoms with E-state index in [-0.39, 0.29) is 12.3 Å². The second kappa shape index (κ2) is 8.20. The third kappa shape index (κ3) is 4.98. The third-order valence-electron chi connectivity index (χ3n) is 3.07. The molecule has 0 radical (unpaired) electrons. The number of furan rings is 2. The van der Waals surface area contributed by atoms with E-state index in [1.165, 1.54) is 18.0 Å². The zero-order valence-electron chi connectivity index (χ0n) is 13.0. The van der Waals surface area contributed by atoms with Crippen LogP contribution >= 0.6 is 11.8 Å². The molecule has 2 N–H and O–H groups in total. The highest BCUT2D eigenvalue weighted by molar-refractivity contribution is 7.99. The molecule has 0 aromatic carbocycles. The van der Waals surface area contributed by atoms with Crippen molar-refractivity contribution in [1.82, 2.24) is 25.4 Å². The number of nitrogens with zero attached hydrogens (tertiary/aromatic N) is 3. The highest BCUT2D eigenvalue weighted by atomic mass is 32.2. The van der Waals surface area contributed by atoms with Gasteiger partial charge in [-0.2, -0.15) is 0 Å². The Hall–Kier alpha value is -3.01. The van der Waals surface area contributed by atoms with Gasteiger partial charge in [0.1, 0.15) is 17.8 Å². The molecule has 3 aromatic heterocycles. The molecule has 0 spiro atoms. The molecular formula is C15H15N5O4S. The number of hydrogen-bond acceptors (Lipinski definition) is 7. The van der Waals surface area contributed by atoms with Gasteiger partial charge in [0.15, 0.2) is 5.16 Å². The summed E-state index contributed by atoms with van der Waals surface area (Å²) in [6, 6.07) is 6.49. The zero-order valence-corrected chi connectivity index (χ0v) is 13.9. The fourth-order valence-corrected chi connectivity index (χ4v) is 2.67. The first kappa shape index (κ1) is 16.8. The van der Waals surface area contributed by atoms with Gasteiger partial charge < -0.3 is 18.7 Å². The molecule has 9 nitrogen and oxygen atoms in total. The van der Waals surface area contributed by atoms with Crippen LogP contribution in [0.5, 0.6) is 0 Å². The van der Waals surface area contributed by atoms with Crippen LogP contribution in [-0.4, -0.2) is 32.5 Å². The van der Waals surface area contributed by atoms with E-state index < -0.39 is 11.9 Å². The lowest BCUT2D eigenvalue weighted by atomic mass is 10.4. The second-order valence-electron chi connectivity index (χ2n) is 4.92. The lowest BCUT2D eigenvalue weighted by Gasteiger charge is -2.06. The van der Waals surface area contributed by atoms with E-state index in [1.54, 1.807) is 35.4 Å². The quantitative estimate of drug-likeness (QED) is 0.615. The second-order valence-corrected chi connectivity index (χ2v) is 5.86. The van der Waals surface area contributed by atoms with Gasteiger partial charge in [0.25, 0.3) is 0 Å². The van der Waals surface area contributed by atoms with Gasteiger partial charge in [-0.1, -0.05) is 11.8 Å². The van der Waals surface area contributed by atoms with Gasteiger partial charge >= 0.3 is 6.03 Å². The Morgan fingerprint density at radius 1 is 1.16 bits per heavy atom. The maximum atomic E-state index is 11.8. The van der Waals surface area contributed by atoms with Crippen molar-refractivity contribution in [1.29, 1.82) is 0 Å². The summed E-state index contributed by atoms with van der Waals surface area (Å²) in [7, 11) is 0. The Kier molecular flexibility index (Phi) is 5.52. The van der Waals surface area contributed by atoms with Gasteiger partial charge in [0, 0.05) is 0 Å². The van der Waals surface area contributed by atoms with Crippen molar-refractivity contribution >= 4 is 23.7 Å². The summed E-state index contributed by atoms with van der Waals surface area (Å²) in [5.41, 5.74) is 0. The fourth-order valence-electron chi connectivity index (χ4n) is 1.95. The summed E-state index contributed by atoms with van der Waals surface area (Å²) in [6.07, 6.45) is 4.65. The Morgan fingerprint density at radius 2 is 1.92 bits per heavy atom. The van der Waals surface area contributed by atoms with Gasteiger partial charge in [-0.3, -0.25) is 10.1 Å². The third-order valence-corrected chi connectivity index (χ3v) is 4.06. The van der Waals surface area contributed by atoms with Crippen LogP contribution in [0, 0.1) is 0 Å². The molecule has 3 amide bonds. The van der Waals surface area contributed by atoms with E-state index in [2.05, 4.69) is 20.8 Å². The molecule has 130 valence electrons. The molecule has 0 fully saturated rings. The van der Waals surface area contributed by atoms with Gasteiger partial charge in [-0.05, 0) is 24.3 Å².